The lowest BCUT2D eigenvalue weighted by atomic mass is 10.2. The minimum absolute atomic E-state index is 0.708. The Balaban J connectivity index is 1.71. The lowest BCUT2D eigenvalue weighted by Crippen LogP contribution is -1.94. The summed E-state index contributed by atoms with van der Waals surface area (Å²) >= 11 is 10.8. The molecule has 0 amide bonds. The predicted molar refractivity (Wildman–Crippen MR) is 104 cm³/mol. The van der Waals surface area contributed by atoms with Crippen molar-refractivity contribution in [3.05, 3.63) is 62.9 Å². The van der Waals surface area contributed by atoms with Crippen molar-refractivity contribution in [2.75, 3.05) is 12.5 Å². The Morgan fingerprint density at radius 2 is 2.04 bits per heavy atom. The number of thiazole rings is 1. The minimum Gasteiger partial charge on any atom is -0.496 e. The third-order valence-corrected chi connectivity index (χ3v) is 4.69. The van der Waals surface area contributed by atoms with Crippen LogP contribution < -0.4 is 10.2 Å². The van der Waals surface area contributed by atoms with Crippen molar-refractivity contribution >= 4 is 50.2 Å². The molecule has 0 aliphatic heterocycles. The van der Waals surface area contributed by atoms with E-state index in [4.69, 9.17) is 16.3 Å². The molecule has 2 aromatic carbocycles. The Labute approximate surface area is 157 Å². The molecule has 0 aliphatic rings. The van der Waals surface area contributed by atoms with Crippen molar-refractivity contribution in [1.82, 2.24) is 4.98 Å². The van der Waals surface area contributed by atoms with E-state index < -0.39 is 0 Å². The van der Waals surface area contributed by atoms with Crippen LogP contribution in [0.15, 0.2) is 57.4 Å². The molecule has 0 radical (unpaired) electrons. The van der Waals surface area contributed by atoms with Crippen LogP contribution in [0.3, 0.4) is 0 Å². The average Bonchev–Trinajstić information content (AvgIpc) is 3.05. The van der Waals surface area contributed by atoms with Crippen LogP contribution in [-0.2, 0) is 0 Å². The van der Waals surface area contributed by atoms with E-state index in [1.165, 1.54) is 11.3 Å². The molecule has 3 rings (SSSR count). The molecule has 0 bridgehead atoms. The molecule has 1 N–H and O–H groups in total. The molecule has 24 heavy (non-hydrogen) atoms. The van der Waals surface area contributed by atoms with Crippen LogP contribution in [0.1, 0.15) is 5.56 Å². The first-order chi connectivity index (χ1) is 11.7. The van der Waals surface area contributed by atoms with Gasteiger partial charge in [-0.3, -0.25) is 5.43 Å². The number of ether oxygens (including phenoxy) is 1. The third kappa shape index (κ3) is 4.14. The van der Waals surface area contributed by atoms with E-state index in [0.29, 0.717) is 10.2 Å². The van der Waals surface area contributed by atoms with Crippen LogP contribution in [0.2, 0.25) is 5.02 Å². The standard InChI is InChI=1S/C17H13BrClN3OS/c1-23-16-7-4-13(18)8-12(16)9-20-22-17-21-15(10-24-17)11-2-5-14(19)6-3-11/h2-10H,1H3,(H,21,22)/b20-9-. The van der Waals surface area contributed by atoms with Crippen molar-refractivity contribution in [3.63, 3.8) is 0 Å². The maximum absolute atomic E-state index is 5.90. The van der Waals surface area contributed by atoms with Crippen molar-refractivity contribution < 1.29 is 4.74 Å². The summed E-state index contributed by atoms with van der Waals surface area (Å²) in [6.07, 6.45) is 1.70. The van der Waals surface area contributed by atoms with E-state index in [9.17, 15) is 0 Å². The first-order valence-electron chi connectivity index (χ1n) is 7.00. The van der Waals surface area contributed by atoms with Crippen molar-refractivity contribution in [2.45, 2.75) is 0 Å². The molecule has 0 unspecified atom stereocenters. The minimum atomic E-state index is 0.708. The molecular weight excluding hydrogens is 410 g/mol. The summed E-state index contributed by atoms with van der Waals surface area (Å²) in [6.45, 7) is 0. The van der Waals surface area contributed by atoms with Gasteiger partial charge in [0.15, 0.2) is 0 Å². The van der Waals surface area contributed by atoms with Crippen LogP contribution in [0, 0.1) is 0 Å². The highest BCUT2D eigenvalue weighted by molar-refractivity contribution is 9.10. The quantitative estimate of drug-likeness (QED) is 0.425. The number of aromatic nitrogens is 1. The van der Waals surface area contributed by atoms with Gasteiger partial charge < -0.3 is 4.74 Å². The highest BCUT2D eigenvalue weighted by Crippen LogP contribution is 2.26. The van der Waals surface area contributed by atoms with Gasteiger partial charge in [-0.05, 0) is 30.3 Å². The number of nitrogens with one attached hydrogen (secondary N) is 1. The normalized spacial score (nSPS) is 11.0. The van der Waals surface area contributed by atoms with E-state index in [1.807, 2.05) is 47.8 Å². The van der Waals surface area contributed by atoms with Gasteiger partial charge in [-0.2, -0.15) is 5.10 Å². The fourth-order valence-electron chi connectivity index (χ4n) is 2.04. The van der Waals surface area contributed by atoms with Crippen LogP contribution in [0.25, 0.3) is 11.3 Å². The summed E-state index contributed by atoms with van der Waals surface area (Å²) in [6, 6.07) is 13.3. The molecule has 122 valence electrons. The highest BCUT2D eigenvalue weighted by atomic mass is 79.9. The number of methoxy groups -OCH3 is 1. The Morgan fingerprint density at radius 1 is 1.25 bits per heavy atom. The number of hydrogen-bond acceptors (Lipinski definition) is 5. The molecule has 0 fully saturated rings. The van der Waals surface area contributed by atoms with Gasteiger partial charge in [-0.1, -0.05) is 39.7 Å². The molecule has 1 heterocycles. The zero-order valence-corrected chi connectivity index (χ0v) is 15.8. The lowest BCUT2D eigenvalue weighted by Gasteiger charge is -2.04. The van der Waals surface area contributed by atoms with Gasteiger partial charge in [0.25, 0.3) is 0 Å². The number of benzene rings is 2. The molecule has 3 aromatic rings. The van der Waals surface area contributed by atoms with Gasteiger partial charge in [-0.15, -0.1) is 11.3 Å². The molecule has 0 saturated carbocycles. The SMILES string of the molecule is COc1ccc(Br)cc1/C=N\Nc1nc(-c2ccc(Cl)cc2)cs1. The second-order valence-corrected chi connectivity index (χ2v) is 7.01. The summed E-state index contributed by atoms with van der Waals surface area (Å²) < 4.78 is 6.27. The van der Waals surface area contributed by atoms with Crippen molar-refractivity contribution in [3.8, 4) is 17.0 Å². The molecule has 0 saturated heterocycles. The number of hydrogen-bond donors (Lipinski definition) is 1. The summed E-state index contributed by atoms with van der Waals surface area (Å²) in [5.41, 5.74) is 5.71. The Hall–Kier alpha value is -1.89. The molecule has 0 atom stereocenters. The topological polar surface area (TPSA) is 46.5 Å². The number of nitrogens with zero attached hydrogens (tertiary/aromatic N) is 2. The van der Waals surface area contributed by atoms with Gasteiger partial charge in [-0.25, -0.2) is 4.98 Å². The molecule has 4 nitrogen and oxygen atoms in total. The highest BCUT2D eigenvalue weighted by Gasteiger charge is 2.04. The van der Waals surface area contributed by atoms with Crippen LogP contribution in [0.5, 0.6) is 5.75 Å². The molecule has 1 aromatic heterocycles. The first kappa shape index (κ1) is 17.0. The maximum atomic E-state index is 5.90. The van der Waals surface area contributed by atoms with Gasteiger partial charge >= 0.3 is 0 Å². The fourth-order valence-corrected chi connectivity index (χ4v) is 3.21. The monoisotopic (exact) mass is 421 g/mol. The van der Waals surface area contributed by atoms with Gasteiger partial charge in [0, 0.05) is 26.0 Å². The average molecular weight is 423 g/mol. The molecule has 0 aliphatic carbocycles. The first-order valence-corrected chi connectivity index (χ1v) is 9.05. The van der Waals surface area contributed by atoms with Crippen LogP contribution in [-0.4, -0.2) is 18.3 Å². The van der Waals surface area contributed by atoms with Gasteiger partial charge in [0.1, 0.15) is 5.75 Å². The van der Waals surface area contributed by atoms with Crippen molar-refractivity contribution in [2.24, 2.45) is 5.10 Å². The van der Waals surface area contributed by atoms with Crippen molar-refractivity contribution in [1.29, 1.82) is 0 Å². The molecular formula is C17H13BrClN3OS. The Morgan fingerprint density at radius 3 is 2.79 bits per heavy atom. The fraction of sp³-hybridized carbons (Fsp3) is 0.0588. The van der Waals surface area contributed by atoms with E-state index >= 15 is 0 Å². The van der Waals surface area contributed by atoms with E-state index in [1.54, 1.807) is 13.3 Å². The zero-order valence-electron chi connectivity index (χ0n) is 12.7. The van der Waals surface area contributed by atoms with Gasteiger partial charge in [0.2, 0.25) is 5.13 Å². The number of halogens is 2. The van der Waals surface area contributed by atoms with Crippen LogP contribution in [0.4, 0.5) is 5.13 Å². The summed E-state index contributed by atoms with van der Waals surface area (Å²) in [4.78, 5) is 4.51. The Bertz CT molecular complexity index is 865. The molecule has 0 spiro atoms. The largest absolute Gasteiger partial charge is 0.496 e. The number of rotatable bonds is 5. The summed E-state index contributed by atoms with van der Waals surface area (Å²) in [7, 11) is 1.63. The number of hydrazone groups is 1. The predicted octanol–water partition coefficient (Wildman–Crippen LogP) is 5.68. The molecule has 7 heteroatoms. The van der Waals surface area contributed by atoms with Crippen LogP contribution >= 0.6 is 38.9 Å². The number of anilines is 1. The zero-order chi connectivity index (χ0) is 16.9. The van der Waals surface area contributed by atoms with Gasteiger partial charge in [0.05, 0.1) is 19.0 Å². The maximum Gasteiger partial charge on any atom is 0.203 e. The summed E-state index contributed by atoms with van der Waals surface area (Å²) in [5, 5.41) is 7.63. The Kier molecular flexibility index (Phi) is 5.50. The van der Waals surface area contributed by atoms with E-state index in [2.05, 4.69) is 31.4 Å². The van der Waals surface area contributed by atoms with E-state index in [-0.39, 0.29) is 0 Å². The summed E-state index contributed by atoms with van der Waals surface area (Å²) in [5.74, 6) is 0.754. The third-order valence-electron chi connectivity index (χ3n) is 3.20. The second-order valence-electron chi connectivity index (χ2n) is 4.80. The lowest BCUT2D eigenvalue weighted by molar-refractivity contribution is 0.414. The van der Waals surface area contributed by atoms with E-state index in [0.717, 1.165) is 27.0 Å². The second kappa shape index (κ2) is 7.79. The smallest absolute Gasteiger partial charge is 0.203 e.